The van der Waals surface area contributed by atoms with Gasteiger partial charge in [-0.05, 0) is 25.0 Å². The molecule has 0 spiro atoms. The standard InChI is InChI=1S/C12H18BrN3O2/c1-8(2)12(3,7-14)15-10-5-4-9(13)6-11(10)16(17)18/h4-6,8,15H,7,14H2,1-3H3. The fourth-order valence-electron chi connectivity index (χ4n) is 1.50. The molecule has 1 unspecified atom stereocenters. The van der Waals surface area contributed by atoms with Crippen LogP contribution in [0.4, 0.5) is 11.4 Å². The number of benzene rings is 1. The summed E-state index contributed by atoms with van der Waals surface area (Å²) in [6.45, 7) is 6.43. The van der Waals surface area contributed by atoms with E-state index in [4.69, 9.17) is 5.73 Å². The number of nitro groups is 1. The summed E-state index contributed by atoms with van der Waals surface area (Å²) in [5.74, 6) is 0.255. The largest absolute Gasteiger partial charge is 0.373 e. The first kappa shape index (κ1) is 14.9. The Bertz CT molecular complexity index is 451. The van der Waals surface area contributed by atoms with Gasteiger partial charge in [-0.25, -0.2) is 0 Å². The van der Waals surface area contributed by atoms with Gasteiger partial charge in [0, 0.05) is 22.6 Å². The number of nitrogens with two attached hydrogens (primary N) is 1. The van der Waals surface area contributed by atoms with E-state index >= 15 is 0 Å². The third kappa shape index (κ3) is 3.20. The maximum atomic E-state index is 11.0. The predicted octanol–water partition coefficient (Wildman–Crippen LogP) is 3.14. The van der Waals surface area contributed by atoms with Crippen LogP contribution in [-0.2, 0) is 0 Å². The van der Waals surface area contributed by atoms with Crippen molar-refractivity contribution in [2.24, 2.45) is 11.7 Å². The SMILES string of the molecule is CC(C)C(C)(CN)Nc1ccc(Br)cc1[N+](=O)[O-]. The molecule has 3 N–H and O–H groups in total. The van der Waals surface area contributed by atoms with Crippen LogP contribution >= 0.6 is 15.9 Å². The fraction of sp³-hybridized carbons (Fsp3) is 0.500. The quantitative estimate of drug-likeness (QED) is 0.646. The summed E-state index contributed by atoms with van der Waals surface area (Å²) in [4.78, 5) is 10.6. The van der Waals surface area contributed by atoms with Crippen LogP contribution in [0.3, 0.4) is 0 Å². The maximum absolute atomic E-state index is 11.0. The van der Waals surface area contributed by atoms with Gasteiger partial charge in [0.1, 0.15) is 5.69 Å². The molecule has 0 heterocycles. The molecule has 0 bridgehead atoms. The maximum Gasteiger partial charge on any atom is 0.293 e. The molecule has 1 rings (SSSR count). The summed E-state index contributed by atoms with van der Waals surface area (Å²) in [5.41, 5.74) is 5.93. The van der Waals surface area contributed by atoms with E-state index in [9.17, 15) is 10.1 Å². The van der Waals surface area contributed by atoms with Crippen molar-refractivity contribution in [1.29, 1.82) is 0 Å². The number of hydrogen-bond donors (Lipinski definition) is 2. The van der Waals surface area contributed by atoms with Crippen molar-refractivity contribution in [3.8, 4) is 0 Å². The van der Waals surface area contributed by atoms with Gasteiger partial charge >= 0.3 is 0 Å². The van der Waals surface area contributed by atoms with Crippen molar-refractivity contribution in [3.63, 3.8) is 0 Å². The van der Waals surface area contributed by atoms with Gasteiger partial charge in [0.2, 0.25) is 0 Å². The van der Waals surface area contributed by atoms with Crippen molar-refractivity contribution < 1.29 is 4.92 Å². The molecule has 0 aliphatic heterocycles. The summed E-state index contributed by atoms with van der Waals surface area (Å²) >= 11 is 3.23. The topological polar surface area (TPSA) is 81.2 Å². The summed E-state index contributed by atoms with van der Waals surface area (Å²) in [6, 6.07) is 4.95. The first-order chi connectivity index (χ1) is 8.30. The van der Waals surface area contributed by atoms with Crippen molar-refractivity contribution in [2.75, 3.05) is 11.9 Å². The zero-order valence-corrected chi connectivity index (χ0v) is 12.3. The molecule has 0 aliphatic rings. The predicted molar refractivity (Wildman–Crippen MR) is 76.7 cm³/mol. The molecule has 6 heteroatoms. The average molecular weight is 316 g/mol. The van der Waals surface area contributed by atoms with Gasteiger partial charge in [0.25, 0.3) is 5.69 Å². The molecule has 1 atom stereocenters. The second-order valence-corrected chi connectivity index (χ2v) is 5.74. The van der Waals surface area contributed by atoms with E-state index in [2.05, 4.69) is 21.2 Å². The lowest BCUT2D eigenvalue weighted by Gasteiger charge is -2.34. The number of nitrogens with one attached hydrogen (secondary N) is 1. The van der Waals surface area contributed by atoms with E-state index in [1.807, 2.05) is 20.8 Å². The Balaban J connectivity index is 3.14. The molecule has 0 aromatic heterocycles. The minimum Gasteiger partial charge on any atom is -0.373 e. The van der Waals surface area contributed by atoms with Crippen molar-refractivity contribution in [3.05, 3.63) is 32.8 Å². The lowest BCUT2D eigenvalue weighted by atomic mass is 9.88. The first-order valence-corrected chi connectivity index (χ1v) is 6.51. The average Bonchev–Trinajstić information content (AvgIpc) is 2.30. The van der Waals surface area contributed by atoms with E-state index in [-0.39, 0.29) is 17.1 Å². The second kappa shape index (κ2) is 5.67. The van der Waals surface area contributed by atoms with Gasteiger partial charge in [-0.1, -0.05) is 29.8 Å². The Morgan fingerprint density at radius 1 is 1.56 bits per heavy atom. The van der Waals surface area contributed by atoms with Crippen LogP contribution < -0.4 is 11.1 Å². The molecule has 1 aromatic carbocycles. The molecular weight excluding hydrogens is 298 g/mol. The Hall–Kier alpha value is -1.14. The Morgan fingerprint density at radius 2 is 2.17 bits per heavy atom. The molecule has 0 saturated carbocycles. The van der Waals surface area contributed by atoms with Crippen LogP contribution in [-0.4, -0.2) is 17.0 Å². The van der Waals surface area contributed by atoms with E-state index < -0.39 is 4.92 Å². The van der Waals surface area contributed by atoms with Crippen LogP contribution in [0.15, 0.2) is 22.7 Å². The first-order valence-electron chi connectivity index (χ1n) is 5.72. The smallest absolute Gasteiger partial charge is 0.293 e. The summed E-state index contributed by atoms with van der Waals surface area (Å²) in [7, 11) is 0. The van der Waals surface area contributed by atoms with Crippen molar-refractivity contribution in [2.45, 2.75) is 26.3 Å². The highest BCUT2D eigenvalue weighted by Gasteiger charge is 2.29. The third-order valence-electron chi connectivity index (χ3n) is 3.28. The highest BCUT2D eigenvalue weighted by Crippen LogP contribution is 2.31. The third-order valence-corrected chi connectivity index (χ3v) is 3.77. The minimum atomic E-state index is -0.398. The normalized spacial score (nSPS) is 14.3. The van der Waals surface area contributed by atoms with E-state index in [1.165, 1.54) is 6.07 Å². The Labute approximate surface area is 115 Å². The molecule has 0 radical (unpaired) electrons. The molecule has 0 amide bonds. The highest BCUT2D eigenvalue weighted by atomic mass is 79.9. The van der Waals surface area contributed by atoms with E-state index in [0.29, 0.717) is 16.7 Å². The Kier molecular flexibility index (Phi) is 4.70. The summed E-state index contributed by atoms with van der Waals surface area (Å²) < 4.78 is 0.679. The molecular formula is C12H18BrN3O2. The van der Waals surface area contributed by atoms with Crippen molar-refractivity contribution in [1.82, 2.24) is 0 Å². The highest BCUT2D eigenvalue weighted by molar-refractivity contribution is 9.10. The van der Waals surface area contributed by atoms with Crippen LogP contribution in [0.25, 0.3) is 0 Å². The van der Waals surface area contributed by atoms with E-state index in [0.717, 1.165) is 0 Å². The van der Waals surface area contributed by atoms with Gasteiger partial charge in [0.15, 0.2) is 0 Å². The number of hydrogen-bond acceptors (Lipinski definition) is 4. The van der Waals surface area contributed by atoms with E-state index in [1.54, 1.807) is 12.1 Å². The number of anilines is 1. The van der Waals surface area contributed by atoms with Gasteiger partial charge in [-0.15, -0.1) is 0 Å². The molecule has 1 aromatic rings. The monoisotopic (exact) mass is 315 g/mol. The molecule has 0 saturated heterocycles. The fourth-order valence-corrected chi connectivity index (χ4v) is 1.85. The zero-order chi connectivity index (χ0) is 13.9. The van der Waals surface area contributed by atoms with Crippen LogP contribution in [0.1, 0.15) is 20.8 Å². The molecule has 0 aliphatic carbocycles. The van der Waals surface area contributed by atoms with Gasteiger partial charge in [-0.3, -0.25) is 10.1 Å². The molecule has 5 nitrogen and oxygen atoms in total. The number of nitrogens with zero attached hydrogens (tertiary/aromatic N) is 1. The van der Waals surface area contributed by atoms with Crippen LogP contribution in [0, 0.1) is 16.0 Å². The molecule has 100 valence electrons. The van der Waals surface area contributed by atoms with Gasteiger partial charge < -0.3 is 11.1 Å². The minimum absolute atomic E-state index is 0.0460. The zero-order valence-electron chi connectivity index (χ0n) is 10.7. The van der Waals surface area contributed by atoms with Crippen LogP contribution in [0.2, 0.25) is 0 Å². The number of rotatable bonds is 5. The lowest BCUT2D eigenvalue weighted by Crippen LogP contribution is -2.47. The summed E-state index contributed by atoms with van der Waals surface area (Å²) in [6.07, 6.45) is 0. The Morgan fingerprint density at radius 3 is 2.61 bits per heavy atom. The van der Waals surface area contributed by atoms with Crippen LogP contribution in [0.5, 0.6) is 0 Å². The number of nitro benzene ring substituents is 1. The molecule has 0 fully saturated rings. The second-order valence-electron chi connectivity index (χ2n) is 4.82. The summed E-state index contributed by atoms with van der Waals surface area (Å²) in [5, 5.41) is 14.2. The van der Waals surface area contributed by atoms with Gasteiger partial charge in [0.05, 0.1) is 4.92 Å². The number of halogens is 1. The lowest BCUT2D eigenvalue weighted by molar-refractivity contribution is -0.384. The van der Waals surface area contributed by atoms with Crippen molar-refractivity contribution >= 4 is 27.3 Å². The molecule has 18 heavy (non-hydrogen) atoms. The van der Waals surface area contributed by atoms with Gasteiger partial charge in [-0.2, -0.15) is 0 Å².